The van der Waals surface area contributed by atoms with Crippen LogP contribution in [0.15, 0.2) is 17.0 Å². The third-order valence-corrected chi connectivity index (χ3v) is 2.99. The maximum absolute atomic E-state index is 11.2. The lowest BCUT2D eigenvalue weighted by atomic mass is 10.1. The van der Waals surface area contributed by atoms with Crippen LogP contribution in [0.2, 0.25) is 0 Å². The van der Waals surface area contributed by atoms with E-state index in [-0.39, 0.29) is 21.7 Å². The molecular weight excluding hydrogens is 234 g/mol. The summed E-state index contributed by atoms with van der Waals surface area (Å²) in [7, 11) is -4.06. The molecule has 84 valence electrons. The van der Waals surface area contributed by atoms with Crippen LogP contribution in [0, 0.1) is 28.4 Å². The Morgan fingerprint density at radius 2 is 2.06 bits per heavy atom. The molecule has 0 unspecified atom stereocenters. The SMILES string of the molecule is Cc1cc([N+](=O)[O-])cc(C#N)c1S(N)(=O)=O. The van der Waals surface area contributed by atoms with Gasteiger partial charge in [-0.25, -0.2) is 13.6 Å². The molecule has 7 nitrogen and oxygen atoms in total. The van der Waals surface area contributed by atoms with Gasteiger partial charge in [-0.15, -0.1) is 0 Å². The van der Waals surface area contributed by atoms with Gasteiger partial charge in [0.2, 0.25) is 10.0 Å². The third-order valence-electron chi connectivity index (χ3n) is 1.88. The second-order valence-electron chi connectivity index (χ2n) is 3.05. The molecule has 0 aliphatic carbocycles. The number of nitriles is 1. The zero-order valence-electron chi connectivity index (χ0n) is 8.17. The molecule has 16 heavy (non-hydrogen) atoms. The van der Waals surface area contributed by atoms with E-state index in [1.165, 1.54) is 6.92 Å². The van der Waals surface area contributed by atoms with Crippen LogP contribution >= 0.6 is 0 Å². The number of benzene rings is 1. The van der Waals surface area contributed by atoms with Crippen LogP contribution in [0.25, 0.3) is 0 Å². The molecule has 0 saturated carbocycles. The Hall–Kier alpha value is -1.98. The summed E-state index contributed by atoms with van der Waals surface area (Å²) in [4.78, 5) is 9.42. The first-order valence-electron chi connectivity index (χ1n) is 3.99. The van der Waals surface area contributed by atoms with Crippen LogP contribution in [-0.4, -0.2) is 13.3 Å². The van der Waals surface area contributed by atoms with Gasteiger partial charge in [0.25, 0.3) is 5.69 Å². The van der Waals surface area contributed by atoms with E-state index >= 15 is 0 Å². The molecule has 0 aromatic heterocycles. The normalized spacial score (nSPS) is 10.8. The van der Waals surface area contributed by atoms with E-state index in [1.807, 2.05) is 0 Å². The summed E-state index contributed by atoms with van der Waals surface area (Å²) in [5.74, 6) is 0. The molecule has 0 spiro atoms. The van der Waals surface area contributed by atoms with Gasteiger partial charge < -0.3 is 0 Å². The first-order chi connectivity index (χ1) is 7.27. The minimum absolute atomic E-state index is 0.0771. The number of nitrogens with two attached hydrogens (primary N) is 1. The van der Waals surface area contributed by atoms with Crippen LogP contribution in [0.5, 0.6) is 0 Å². The zero-order chi connectivity index (χ0) is 12.5. The van der Waals surface area contributed by atoms with Gasteiger partial charge in [-0.3, -0.25) is 10.1 Å². The van der Waals surface area contributed by atoms with Crippen molar-refractivity contribution in [3.8, 4) is 6.07 Å². The topological polar surface area (TPSA) is 127 Å². The largest absolute Gasteiger partial charge is 0.271 e. The van der Waals surface area contributed by atoms with Crippen molar-refractivity contribution in [1.29, 1.82) is 5.26 Å². The van der Waals surface area contributed by atoms with E-state index in [2.05, 4.69) is 0 Å². The second kappa shape index (κ2) is 3.88. The van der Waals surface area contributed by atoms with Crippen molar-refractivity contribution >= 4 is 15.7 Å². The van der Waals surface area contributed by atoms with Crippen molar-refractivity contribution in [2.45, 2.75) is 11.8 Å². The van der Waals surface area contributed by atoms with Crippen LogP contribution in [0.4, 0.5) is 5.69 Å². The van der Waals surface area contributed by atoms with Gasteiger partial charge in [0.1, 0.15) is 11.0 Å². The third kappa shape index (κ3) is 2.16. The van der Waals surface area contributed by atoms with Crippen LogP contribution in [0.3, 0.4) is 0 Å². The molecule has 0 aliphatic heterocycles. The lowest BCUT2D eigenvalue weighted by Gasteiger charge is -2.05. The lowest BCUT2D eigenvalue weighted by molar-refractivity contribution is -0.385. The highest BCUT2D eigenvalue weighted by atomic mass is 32.2. The molecular formula is C8H7N3O4S. The predicted octanol–water partition coefficient (Wildman–Crippen LogP) is 0.422. The van der Waals surface area contributed by atoms with Gasteiger partial charge in [0, 0.05) is 12.1 Å². The number of non-ortho nitro benzene ring substituents is 1. The highest BCUT2D eigenvalue weighted by Crippen LogP contribution is 2.24. The van der Waals surface area contributed by atoms with Crippen LogP contribution in [0.1, 0.15) is 11.1 Å². The number of primary sulfonamides is 1. The molecule has 0 atom stereocenters. The van der Waals surface area contributed by atoms with Gasteiger partial charge in [-0.2, -0.15) is 5.26 Å². The molecule has 0 amide bonds. The van der Waals surface area contributed by atoms with Crippen molar-refractivity contribution < 1.29 is 13.3 Å². The molecule has 1 aromatic rings. The Bertz CT molecular complexity index is 600. The number of sulfonamides is 1. The summed E-state index contributed by atoms with van der Waals surface area (Å²) in [6.07, 6.45) is 0. The number of hydrogen-bond acceptors (Lipinski definition) is 5. The minimum Gasteiger partial charge on any atom is -0.258 e. The van der Waals surface area contributed by atoms with Crippen molar-refractivity contribution in [3.05, 3.63) is 33.4 Å². The lowest BCUT2D eigenvalue weighted by Crippen LogP contribution is -2.15. The summed E-state index contributed by atoms with van der Waals surface area (Å²) in [6, 6.07) is 3.51. The van der Waals surface area contributed by atoms with E-state index in [9.17, 15) is 18.5 Å². The molecule has 0 saturated heterocycles. The molecule has 1 aromatic carbocycles. The predicted molar refractivity (Wildman–Crippen MR) is 53.9 cm³/mol. The quantitative estimate of drug-likeness (QED) is 0.592. The first-order valence-corrected chi connectivity index (χ1v) is 5.54. The molecule has 0 heterocycles. The fraction of sp³-hybridized carbons (Fsp3) is 0.125. The summed E-state index contributed by atoms with van der Waals surface area (Å²) in [5.41, 5.74) is -0.594. The Labute approximate surface area is 91.3 Å². The number of nitro groups is 1. The maximum atomic E-state index is 11.2. The molecule has 0 bridgehead atoms. The first kappa shape index (κ1) is 12.1. The van der Waals surface area contributed by atoms with Crippen LogP contribution < -0.4 is 5.14 Å². The maximum Gasteiger partial charge on any atom is 0.271 e. The van der Waals surface area contributed by atoms with E-state index in [0.717, 1.165) is 12.1 Å². The Balaban J connectivity index is 3.68. The summed E-state index contributed by atoms with van der Waals surface area (Å²) >= 11 is 0. The smallest absolute Gasteiger partial charge is 0.258 e. The average Bonchev–Trinajstić information content (AvgIpc) is 2.14. The molecule has 0 radical (unpaired) electrons. The van der Waals surface area contributed by atoms with E-state index in [4.69, 9.17) is 10.4 Å². The number of nitrogens with zero attached hydrogens (tertiary/aromatic N) is 2. The fourth-order valence-corrected chi connectivity index (χ4v) is 2.24. The van der Waals surface area contributed by atoms with E-state index < -0.39 is 14.9 Å². The van der Waals surface area contributed by atoms with E-state index in [1.54, 1.807) is 6.07 Å². The minimum atomic E-state index is -4.06. The van der Waals surface area contributed by atoms with E-state index in [0.29, 0.717) is 0 Å². The Kier molecular flexibility index (Phi) is 2.93. The summed E-state index contributed by atoms with van der Waals surface area (Å²) < 4.78 is 22.3. The van der Waals surface area contributed by atoms with Crippen molar-refractivity contribution in [2.24, 2.45) is 5.14 Å². The zero-order valence-corrected chi connectivity index (χ0v) is 8.98. The average molecular weight is 241 g/mol. The standard InChI is InChI=1S/C8H7N3O4S/c1-5-2-7(11(12)13)3-6(4-9)8(5)16(10,14)15/h2-3H,1H3,(H2,10,14,15). The Morgan fingerprint density at radius 1 is 1.50 bits per heavy atom. The number of rotatable bonds is 2. The number of hydrogen-bond donors (Lipinski definition) is 1. The van der Waals surface area contributed by atoms with Crippen molar-refractivity contribution in [2.75, 3.05) is 0 Å². The van der Waals surface area contributed by atoms with Crippen LogP contribution in [-0.2, 0) is 10.0 Å². The summed E-state index contributed by atoms with van der Waals surface area (Å²) in [6.45, 7) is 1.34. The molecule has 2 N–H and O–H groups in total. The molecule has 0 fully saturated rings. The highest BCUT2D eigenvalue weighted by molar-refractivity contribution is 7.89. The second-order valence-corrected chi connectivity index (χ2v) is 4.55. The van der Waals surface area contributed by atoms with Crippen molar-refractivity contribution in [1.82, 2.24) is 0 Å². The van der Waals surface area contributed by atoms with Gasteiger partial charge in [-0.05, 0) is 12.5 Å². The summed E-state index contributed by atoms with van der Waals surface area (Å²) in [5, 5.41) is 24.1. The van der Waals surface area contributed by atoms with Gasteiger partial charge >= 0.3 is 0 Å². The van der Waals surface area contributed by atoms with Crippen molar-refractivity contribution in [3.63, 3.8) is 0 Å². The van der Waals surface area contributed by atoms with Gasteiger partial charge in [0.15, 0.2) is 0 Å². The highest BCUT2D eigenvalue weighted by Gasteiger charge is 2.21. The number of aryl methyl sites for hydroxylation is 1. The Morgan fingerprint density at radius 3 is 2.44 bits per heavy atom. The monoisotopic (exact) mass is 241 g/mol. The molecule has 1 rings (SSSR count). The fourth-order valence-electron chi connectivity index (χ4n) is 1.32. The number of nitro benzene ring substituents is 1. The molecule has 0 aliphatic rings. The molecule has 8 heteroatoms. The van der Waals surface area contributed by atoms with Gasteiger partial charge in [0.05, 0.1) is 10.5 Å². The van der Waals surface area contributed by atoms with Gasteiger partial charge in [-0.1, -0.05) is 0 Å².